The first-order valence-corrected chi connectivity index (χ1v) is 7.90. The van der Waals surface area contributed by atoms with Crippen molar-refractivity contribution in [3.8, 4) is 17.2 Å². The van der Waals surface area contributed by atoms with Gasteiger partial charge in [-0.3, -0.25) is 4.79 Å². The lowest BCUT2D eigenvalue weighted by molar-refractivity contribution is -0.124. The molecule has 1 heterocycles. The second-order valence-corrected chi connectivity index (χ2v) is 5.86. The van der Waals surface area contributed by atoms with E-state index >= 15 is 0 Å². The van der Waals surface area contributed by atoms with Crippen molar-refractivity contribution in [1.82, 2.24) is 0 Å². The monoisotopic (exact) mass is 347 g/mol. The smallest absolute Gasteiger partial charge is 0.268 e. The van der Waals surface area contributed by atoms with Crippen molar-refractivity contribution in [3.05, 3.63) is 47.0 Å². The average Bonchev–Trinajstić information content (AvgIpc) is 2.71. The van der Waals surface area contributed by atoms with Crippen LogP contribution in [0.4, 0.5) is 5.69 Å². The molecule has 0 saturated carbocycles. The number of ether oxygens (including phenoxy) is 3. The van der Waals surface area contributed by atoms with E-state index in [1.54, 1.807) is 24.0 Å². The van der Waals surface area contributed by atoms with Gasteiger partial charge in [-0.05, 0) is 13.0 Å². The summed E-state index contributed by atoms with van der Waals surface area (Å²) in [6.07, 6.45) is -0.611. The van der Waals surface area contributed by atoms with Gasteiger partial charge >= 0.3 is 0 Å². The Morgan fingerprint density at radius 2 is 1.88 bits per heavy atom. The molecule has 126 valence electrons. The fraction of sp³-hybridized carbons (Fsp3) is 0.278. The van der Waals surface area contributed by atoms with Crippen LogP contribution in [0.5, 0.6) is 17.2 Å². The number of carbonyl (C=O) groups excluding carboxylic acids is 1. The molecule has 0 fully saturated rings. The summed E-state index contributed by atoms with van der Waals surface area (Å²) in [5.41, 5.74) is 1.52. The topological polar surface area (TPSA) is 48.0 Å². The quantitative estimate of drug-likeness (QED) is 0.850. The Kier molecular flexibility index (Phi) is 4.53. The van der Waals surface area contributed by atoms with Gasteiger partial charge in [-0.1, -0.05) is 29.8 Å². The number of methoxy groups -OCH3 is 2. The van der Waals surface area contributed by atoms with E-state index in [0.29, 0.717) is 34.5 Å². The number of anilines is 1. The molecule has 3 rings (SSSR count). The molecule has 0 aliphatic carbocycles. The summed E-state index contributed by atoms with van der Waals surface area (Å²) < 4.78 is 16.5. The number of amides is 1. The van der Waals surface area contributed by atoms with E-state index < -0.39 is 6.10 Å². The molecular weight excluding hydrogens is 330 g/mol. The van der Waals surface area contributed by atoms with Gasteiger partial charge in [-0.25, -0.2) is 0 Å². The first-order chi connectivity index (χ1) is 11.5. The van der Waals surface area contributed by atoms with Gasteiger partial charge in [0.15, 0.2) is 6.10 Å². The number of hydrogen-bond donors (Lipinski definition) is 0. The Hall–Kier alpha value is -2.40. The van der Waals surface area contributed by atoms with Crippen molar-refractivity contribution >= 4 is 23.2 Å². The van der Waals surface area contributed by atoms with Crippen LogP contribution in [0.2, 0.25) is 5.02 Å². The molecule has 0 N–H and O–H groups in total. The molecule has 0 radical (unpaired) electrons. The van der Waals surface area contributed by atoms with Gasteiger partial charge in [0.05, 0.1) is 31.5 Å². The lowest BCUT2D eigenvalue weighted by Crippen LogP contribution is -2.38. The minimum absolute atomic E-state index is 0.158. The molecule has 6 heteroatoms. The van der Waals surface area contributed by atoms with E-state index in [0.717, 1.165) is 5.56 Å². The van der Waals surface area contributed by atoms with Crippen molar-refractivity contribution < 1.29 is 19.0 Å². The standard InChI is InChI=1S/C18H18ClNO4/c1-11-18(21)20(10-12-6-4-5-7-15(12)24-11)14-9-16(22-2)13(19)8-17(14)23-3/h4-9,11H,10H2,1-3H3. The zero-order valence-corrected chi connectivity index (χ0v) is 14.5. The summed E-state index contributed by atoms with van der Waals surface area (Å²) in [5, 5.41) is 0.421. The second-order valence-electron chi connectivity index (χ2n) is 5.45. The van der Waals surface area contributed by atoms with Crippen molar-refractivity contribution in [2.24, 2.45) is 0 Å². The normalized spacial score (nSPS) is 16.9. The van der Waals surface area contributed by atoms with Crippen molar-refractivity contribution in [2.45, 2.75) is 19.6 Å². The maximum Gasteiger partial charge on any atom is 0.268 e. The van der Waals surface area contributed by atoms with Crippen LogP contribution in [-0.2, 0) is 11.3 Å². The highest BCUT2D eigenvalue weighted by molar-refractivity contribution is 6.32. The number of para-hydroxylation sites is 1. The molecule has 1 aliphatic rings. The largest absolute Gasteiger partial charge is 0.495 e. The maximum atomic E-state index is 12.8. The fourth-order valence-corrected chi connectivity index (χ4v) is 2.95. The summed E-state index contributed by atoms with van der Waals surface area (Å²) in [4.78, 5) is 14.5. The van der Waals surface area contributed by atoms with Crippen LogP contribution in [0.1, 0.15) is 12.5 Å². The number of nitrogens with zero attached hydrogens (tertiary/aromatic N) is 1. The lowest BCUT2D eigenvalue weighted by Gasteiger charge is -2.25. The Balaban J connectivity index is 2.12. The van der Waals surface area contributed by atoms with Crippen LogP contribution in [-0.4, -0.2) is 26.2 Å². The minimum atomic E-state index is -0.611. The molecule has 0 bridgehead atoms. The van der Waals surface area contributed by atoms with Gasteiger partial charge in [0.2, 0.25) is 0 Å². The molecule has 1 atom stereocenters. The van der Waals surface area contributed by atoms with E-state index in [1.165, 1.54) is 14.2 Å². The Morgan fingerprint density at radius 1 is 1.17 bits per heavy atom. The van der Waals surface area contributed by atoms with Crippen molar-refractivity contribution in [1.29, 1.82) is 0 Å². The molecule has 0 saturated heterocycles. The Bertz CT molecular complexity index is 778. The van der Waals surface area contributed by atoms with Crippen LogP contribution in [0.3, 0.4) is 0 Å². The fourth-order valence-electron chi connectivity index (χ4n) is 2.72. The number of carbonyl (C=O) groups is 1. The van der Waals surface area contributed by atoms with Crippen molar-refractivity contribution in [2.75, 3.05) is 19.1 Å². The van der Waals surface area contributed by atoms with E-state index in [9.17, 15) is 4.79 Å². The molecular formula is C18H18ClNO4. The van der Waals surface area contributed by atoms with Gasteiger partial charge in [0.25, 0.3) is 5.91 Å². The molecule has 1 amide bonds. The minimum Gasteiger partial charge on any atom is -0.495 e. The molecule has 0 aromatic heterocycles. The first-order valence-electron chi connectivity index (χ1n) is 7.52. The number of rotatable bonds is 3. The van der Waals surface area contributed by atoms with Gasteiger partial charge in [0.1, 0.15) is 17.2 Å². The number of hydrogen-bond acceptors (Lipinski definition) is 4. The third kappa shape index (κ3) is 2.87. The second kappa shape index (κ2) is 6.61. The van der Waals surface area contributed by atoms with E-state index in [2.05, 4.69) is 0 Å². The van der Waals surface area contributed by atoms with Crippen LogP contribution in [0.25, 0.3) is 0 Å². The van der Waals surface area contributed by atoms with Crippen molar-refractivity contribution in [3.63, 3.8) is 0 Å². The summed E-state index contributed by atoms with van der Waals surface area (Å²) in [6.45, 7) is 2.11. The number of benzene rings is 2. The number of halogens is 1. The first kappa shape index (κ1) is 16.5. The van der Waals surface area contributed by atoms with E-state index in [1.807, 2.05) is 24.3 Å². The lowest BCUT2D eigenvalue weighted by atomic mass is 10.1. The highest BCUT2D eigenvalue weighted by Crippen LogP contribution is 2.40. The van der Waals surface area contributed by atoms with Crippen LogP contribution < -0.4 is 19.1 Å². The zero-order chi connectivity index (χ0) is 17.3. The predicted octanol–water partition coefficient (Wildman–Crippen LogP) is 3.67. The molecule has 24 heavy (non-hydrogen) atoms. The SMILES string of the molecule is COc1cc(N2Cc3ccccc3OC(C)C2=O)c(OC)cc1Cl. The van der Waals surface area contributed by atoms with Crippen LogP contribution in [0.15, 0.2) is 36.4 Å². The van der Waals surface area contributed by atoms with Gasteiger partial charge in [-0.15, -0.1) is 0 Å². The molecule has 1 aliphatic heterocycles. The highest BCUT2D eigenvalue weighted by atomic mass is 35.5. The molecule has 2 aromatic rings. The average molecular weight is 348 g/mol. The third-order valence-corrected chi connectivity index (χ3v) is 4.26. The Morgan fingerprint density at radius 3 is 2.58 bits per heavy atom. The molecule has 0 spiro atoms. The van der Waals surface area contributed by atoms with Crippen LogP contribution >= 0.6 is 11.6 Å². The summed E-state index contributed by atoms with van der Waals surface area (Å²) in [7, 11) is 3.07. The van der Waals surface area contributed by atoms with Gasteiger partial charge in [-0.2, -0.15) is 0 Å². The summed E-state index contributed by atoms with van der Waals surface area (Å²) >= 11 is 6.16. The zero-order valence-electron chi connectivity index (χ0n) is 13.7. The molecule has 5 nitrogen and oxygen atoms in total. The Labute approximate surface area is 145 Å². The molecule has 2 aromatic carbocycles. The van der Waals surface area contributed by atoms with E-state index in [-0.39, 0.29) is 5.91 Å². The van der Waals surface area contributed by atoms with Crippen LogP contribution in [0, 0.1) is 0 Å². The summed E-state index contributed by atoms with van der Waals surface area (Å²) in [6, 6.07) is 11.0. The third-order valence-electron chi connectivity index (χ3n) is 3.96. The van der Waals surface area contributed by atoms with Gasteiger partial charge in [0, 0.05) is 17.7 Å². The highest BCUT2D eigenvalue weighted by Gasteiger charge is 2.31. The summed E-state index contributed by atoms with van der Waals surface area (Å²) in [5.74, 6) is 1.53. The predicted molar refractivity (Wildman–Crippen MR) is 92.3 cm³/mol. The molecule has 1 unspecified atom stereocenters. The van der Waals surface area contributed by atoms with Gasteiger partial charge < -0.3 is 19.1 Å². The number of fused-ring (bicyclic) bond motifs is 1. The van der Waals surface area contributed by atoms with E-state index in [4.69, 9.17) is 25.8 Å². The maximum absolute atomic E-state index is 12.8.